The first kappa shape index (κ1) is 77.1. The van der Waals surface area contributed by atoms with E-state index in [1.807, 2.05) is 0 Å². The lowest BCUT2D eigenvalue weighted by atomic mass is 9.33. The fourth-order valence-electron chi connectivity index (χ4n) is 17.1. The van der Waals surface area contributed by atoms with Crippen molar-refractivity contribution in [1.29, 1.82) is 0 Å². The van der Waals surface area contributed by atoms with Crippen molar-refractivity contribution in [2.45, 2.75) is 209 Å². The molecule has 0 N–H and O–H groups in total. The second-order valence-electron chi connectivity index (χ2n) is 40.9. The van der Waals surface area contributed by atoms with E-state index < -0.39 is 0 Å². The van der Waals surface area contributed by atoms with Crippen molar-refractivity contribution in [2.75, 3.05) is 9.80 Å². The number of anilines is 6. The lowest BCUT2D eigenvalue weighted by Crippen LogP contribution is -2.61. The van der Waals surface area contributed by atoms with Crippen LogP contribution in [0.5, 0.6) is 0 Å². The Morgan fingerprint density at radius 2 is 0.544 bits per heavy atom. The van der Waals surface area contributed by atoms with Crippen molar-refractivity contribution < 1.29 is 0 Å². The molecule has 3 aromatic heterocycles. The number of aromatic nitrogens is 3. The van der Waals surface area contributed by atoms with Gasteiger partial charge < -0.3 is 14.4 Å². The van der Waals surface area contributed by atoms with Crippen LogP contribution in [0.3, 0.4) is 0 Å². The molecule has 0 unspecified atom stereocenters. The van der Waals surface area contributed by atoms with Gasteiger partial charge in [-0.25, -0.2) is 0 Å². The Labute approximate surface area is 680 Å². The molecule has 14 aromatic rings. The number of hydrogen-bond donors (Lipinski definition) is 0. The number of hydrogen-bond acceptors (Lipinski definition) is 4. The van der Waals surface area contributed by atoms with Crippen LogP contribution in [0.1, 0.15) is 211 Å². The molecule has 0 bridgehead atoms. The van der Waals surface area contributed by atoms with Gasteiger partial charge in [-0.1, -0.05) is 360 Å². The zero-order chi connectivity index (χ0) is 81.1. The van der Waals surface area contributed by atoms with Gasteiger partial charge >= 0.3 is 0 Å². The lowest BCUT2D eigenvalue weighted by molar-refractivity contribution is 0.531. The largest absolute Gasteiger partial charge is 0.310 e. The van der Waals surface area contributed by atoms with Gasteiger partial charge in [0.1, 0.15) is 0 Å². The zero-order valence-corrected chi connectivity index (χ0v) is 72.1. The van der Waals surface area contributed by atoms with Crippen molar-refractivity contribution in [2.24, 2.45) is 0 Å². The van der Waals surface area contributed by atoms with Crippen molar-refractivity contribution in [3.8, 4) is 72.4 Å². The van der Waals surface area contributed by atoms with Crippen molar-refractivity contribution in [3.05, 3.63) is 300 Å². The first-order valence-electron chi connectivity index (χ1n) is 41.4. The Morgan fingerprint density at radius 3 is 0.860 bits per heavy atom. The molecule has 0 fully saturated rings. The quantitative estimate of drug-likeness (QED) is 0.135. The van der Waals surface area contributed by atoms with Gasteiger partial charge in [-0.15, -0.1) is 0 Å². The van der Waals surface area contributed by atoms with Gasteiger partial charge in [0.25, 0.3) is 6.71 Å². The third-order valence-corrected chi connectivity index (χ3v) is 23.9. The highest BCUT2D eigenvalue weighted by Crippen LogP contribution is 2.56. The van der Waals surface area contributed by atoms with Gasteiger partial charge in [-0.3, -0.25) is 9.97 Å². The Balaban J connectivity index is 1.16. The molecule has 2 aliphatic heterocycles. The molecule has 0 saturated heterocycles. The van der Waals surface area contributed by atoms with Gasteiger partial charge in [0.2, 0.25) is 0 Å². The molecular formula is C108H114BN5. The molecule has 16 rings (SSSR count). The average Bonchev–Trinajstić information content (AvgIpc) is 0.787. The molecule has 114 heavy (non-hydrogen) atoms. The Hall–Kier alpha value is -10.8. The second-order valence-corrected chi connectivity index (χ2v) is 40.9. The Kier molecular flexibility index (Phi) is 18.6. The molecule has 0 aliphatic carbocycles. The van der Waals surface area contributed by atoms with E-state index in [0.717, 1.165) is 124 Å². The summed E-state index contributed by atoms with van der Waals surface area (Å²) in [6.45, 7) is 55.8. The van der Waals surface area contributed by atoms with Gasteiger partial charge in [0.05, 0.1) is 28.1 Å². The number of rotatable bonds is 9. The Morgan fingerprint density at radius 1 is 0.237 bits per heavy atom. The van der Waals surface area contributed by atoms with Crippen molar-refractivity contribution >= 4 is 79.0 Å². The first-order valence-corrected chi connectivity index (χ1v) is 41.4. The summed E-state index contributed by atoms with van der Waals surface area (Å²) in [5.74, 6) is 0. The zero-order valence-electron chi connectivity index (χ0n) is 72.1. The van der Waals surface area contributed by atoms with Crippen LogP contribution in [-0.2, 0) is 43.3 Å². The SMILES string of the molecule is CC(C)(C)c1cc(-c2ccc3c(c2)N(c2c(-c4ccccc4)cccc2-c2ccccc2)c2cc(-n4c5ccccc5c5ccccc54)cc4c2B3c2ccc(-c3cc(C(C)(C)C)cc(C(C)(C)C)c3)cc2N4c2c(-c3cc(C(C)(C)C)nc(C(C)(C)C)c3)cccc2-c2cc(C(C)(C)C)nc(C(C)(C)C)c2)cc(C(C)(C)C)c1. The van der Waals surface area contributed by atoms with Gasteiger partial charge in [-0.05, 0) is 165 Å². The molecular weight excluding hydrogens is 1380 g/mol. The molecule has 0 atom stereocenters. The summed E-state index contributed by atoms with van der Waals surface area (Å²) in [4.78, 5) is 16.8. The molecule has 0 saturated carbocycles. The minimum atomic E-state index is -0.291. The van der Waals surface area contributed by atoms with Crippen LogP contribution < -0.4 is 26.2 Å². The molecule has 0 amide bonds. The van der Waals surface area contributed by atoms with Gasteiger partial charge in [-0.2, -0.15) is 0 Å². The maximum atomic E-state index is 5.64. The van der Waals surface area contributed by atoms with E-state index >= 15 is 0 Å². The van der Waals surface area contributed by atoms with E-state index in [1.165, 1.54) is 66.1 Å². The predicted octanol–water partition coefficient (Wildman–Crippen LogP) is 28.0. The molecule has 574 valence electrons. The van der Waals surface area contributed by atoms with Crippen LogP contribution in [0.4, 0.5) is 34.1 Å². The summed E-state index contributed by atoms with van der Waals surface area (Å²) in [5, 5.41) is 2.40. The number of benzene rings is 11. The third kappa shape index (κ3) is 14.0. The number of nitrogens with zero attached hydrogens (tertiary/aromatic N) is 5. The molecule has 0 spiro atoms. The van der Waals surface area contributed by atoms with Crippen LogP contribution in [0.25, 0.3) is 94.3 Å². The van der Waals surface area contributed by atoms with Crippen molar-refractivity contribution in [3.63, 3.8) is 0 Å². The highest BCUT2D eigenvalue weighted by molar-refractivity contribution is 7.00. The summed E-state index contributed by atoms with van der Waals surface area (Å²) < 4.78 is 2.57. The minimum Gasteiger partial charge on any atom is -0.310 e. The highest BCUT2D eigenvalue weighted by Gasteiger charge is 2.47. The Bertz CT molecular complexity index is 5790. The van der Waals surface area contributed by atoms with E-state index in [-0.39, 0.29) is 50.0 Å². The summed E-state index contributed by atoms with van der Waals surface area (Å²) in [6, 6.07) is 99.3. The maximum Gasteiger partial charge on any atom is 0.252 e. The fraction of sp³-hybridized carbons (Fsp3) is 0.296. The molecule has 5 nitrogen and oxygen atoms in total. The summed E-state index contributed by atoms with van der Waals surface area (Å²) >= 11 is 0. The fourth-order valence-corrected chi connectivity index (χ4v) is 17.1. The van der Waals surface area contributed by atoms with Crippen LogP contribution in [0.2, 0.25) is 0 Å². The first-order chi connectivity index (χ1) is 53.6. The summed E-state index contributed by atoms with van der Waals surface area (Å²) in [5.41, 5.74) is 35.2. The molecule has 5 heterocycles. The van der Waals surface area contributed by atoms with Gasteiger partial charge in [0.15, 0.2) is 0 Å². The topological polar surface area (TPSA) is 37.2 Å². The number of pyridine rings is 2. The molecule has 2 aliphatic rings. The lowest BCUT2D eigenvalue weighted by Gasteiger charge is -2.46. The van der Waals surface area contributed by atoms with Crippen LogP contribution in [0.15, 0.2) is 255 Å². The second kappa shape index (κ2) is 27.5. The highest BCUT2D eigenvalue weighted by atomic mass is 15.2. The predicted molar refractivity (Wildman–Crippen MR) is 493 cm³/mol. The molecule has 0 radical (unpaired) electrons. The smallest absolute Gasteiger partial charge is 0.252 e. The number of fused-ring (bicyclic) bond motifs is 7. The third-order valence-electron chi connectivity index (χ3n) is 23.9. The van der Waals surface area contributed by atoms with E-state index in [4.69, 9.17) is 9.97 Å². The molecule has 11 aromatic carbocycles. The minimum absolute atomic E-state index is 0.117. The molecule has 6 heteroatoms. The monoisotopic (exact) mass is 1490 g/mol. The van der Waals surface area contributed by atoms with Crippen molar-refractivity contribution in [1.82, 2.24) is 14.5 Å². The van der Waals surface area contributed by atoms with E-state index in [0.29, 0.717) is 0 Å². The van der Waals surface area contributed by atoms with Crippen LogP contribution >= 0.6 is 0 Å². The number of para-hydroxylation sites is 4. The summed E-state index contributed by atoms with van der Waals surface area (Å²) in [6.07, 6.45) is 0. The van der Waals surface area contributed by atoms with Crippen LogP contribution in [-0.4, -0.2) is 21.2 Å². The van der Waals surface area contributed by atoms with E-state index in [2.05, 4.69) is 435 Å². The summed E-state index contributed by atoms with van der Waals surface area (Å²) in [7, 11) is 0. The average molecular weight is 1490 g/mol. The maximum absolute atomic E-state index is 5.64. The van der Waals surface area contributed by atoms with Gasteiger partial charge in [0, 0.05) is 100 Å². The standard InChI is InChI=1S/C108H114BN5/c1-101(2,3)75-53-71(54-76(63-75)102(4,5)6)69-49-51-86-90(57-69)113(99-80(67-37-27-25-28-38-67)43-35-44-81(99)68-39-29-26-30-40-68)92-65-79(112-88-47-33-31-41-84(88)85-42-32-34-48-89(85)112)66-93-98(92)109(86)87-52-50-70(72-55-77(103(7,8)9)64-78(56-72)104(10,11)12)58-91(87)114(93)100-82(73-59-94(105(13,14)15)110-95(60-73)106(16,17)18)45-36-46-83(100)74-61-96(107(19,20)21)111-97(62-74)108(22,23)24/h25-66H,1-24H3. The van der Waals surface area contributed by atoms with E-state index in [9.17, 15) is 0 Å². The normalized spacial score (nSPS) is 13.6. The van der Waals surface area contributed by atoms with E-state index in [1.54, 1.807) is 0 Å². The van der Waals surface area contributed by atoms with Crippen LogP contribution in [0, 0.1) is 0 Å².